The van der Waals surface area contributed by atoms with Gasteiger partial charge in [-0.25, -0.2) is 9.63 Å². The summed E-state index contributed by atoms with van der Waals surface area (Å²) in [7, 11) is 1.95. The number of hydrogen-bond acceptors (Lipinski definition) is 6. The van der Waals surface area contributed by atoms with Gasteiger partial charge in [-0.2, -0.15) is 4.65 Å². The van der Waals surface area contributed by atoms with E-state index in [1.54, 1.807) is 4.90 Å². The van der Waals surface area contributed by atoms with Crippen molar-refractivity contribution in [1.82, 2.24) is 15.5 Å². The summed E-state index contributed by atoms with van der Waals surface area (Å²) in [5.41, 5.74) is -0.160. The van der Waals surface area contributed by atoms with Gasteiger partial charge in [0.2, 0.25) is 5.91 Å². The monoisotopic (exact) mass is 686 g/mol. The molecule has 10 nitrogen and oxygen atoms in total. The predicted molar refractivity (Wildman–Crippen MR) is 194 cm³/mol. The minimum absolute atomic E-state index is 0.0101. The molecule has 276 valence electrons. The molecule has 0 aliphatic rings. The fourth-order valence-electron chi connectivity index (χ4n) is 4.69. The molecular formula is C36H73N4O6Si+. The van der Waals surface area contributed by atoms with E-state index in [9.17, 15) is 19.2 Å². The van der Waals surface area contributed by atoms with Gasteiger partial charge in [0, 0.05) is 18.9 Å². The summed E-state index contributed by atoms with van der Waals surface area (Å²) < 4.78 is 6.73. The van der Waals surface area contributed by atoms with Gasteiger partial charge in [0.1, 0.15) is 18.4 Å². The molecule has 11 heteroatoms. The van der Waals surface area contributed by atoms with Crippen LogP contribution in [0.2, 0.25) is 18.1 Å². The Hall–Kier alpha value is -1.82. The standard InChI is InChI=1S/C36H72N4O6Si/c1-26(2)21-29(33(43)37-30(25-41)22-27(3)4)24-32(42)31(23-28(5)6)38-34(44)39(17-19-45-40(13,14)35(7,8)9)18-20-46-47(15,16)36(10,11)12/h25-31H,17-24H2,1-16H3,(H-,37,38,43,44)/p+1/t29-,30+,31+/m1/s1. The van der Waals surface area contributed by atoms with E-state index in [-0.39, 0.29) is 52.5 Å². The maximum atomic E-state index is 13.9. The van der Waals surface area contributed by atoms with Crippen molar-refractivity contribution < 1.29 is 33.1 Å². The molecule has 3 atom stereocenters. The number of carbonyl (C=O) groups is 4. The van der Waals surface area contributed by atoms with Crippen molar-refractivity contribution >= 4 is 32.3 Å². The number of hydrogen-bond donors (Lipinski definition) is 2. The highest BCUT2D eigenvalue weighted by Gasteiger charge is 2.38. The molecule has 0 fully saturated rings. The molecule has 0 heterocycles. The number of ketones is 1. The molecule has 0 rings (SSSR count). The van der Waals surface area contributed by atoms with Crippen LogP contribution in [-0.2, 0) is 23.6 Å². The molecule has 0 bridgehead atoms. The summed E-state index contributed by atoms with van der Waals surface area (Å²) in [6, 6.07) is -1.70. The zero-order valence-corrected chi connectivity index (χ0v) is 34.0. The number of aldehydes is 1. The van der Waals surface area contributed by atoms with Gasteiger partial charge in [-0.05, 0) is 75.9 Å². The third-order valence-corrected chi connectivity index (χ3v) is 14.0. The summed E-state index contributed by atoms with van der Waals surface area (Å²) >= 11 is 0. The second-order valence-corrected chi connectivity index (χ2v) is 22.3. The molecule has 0 aliphatic heterocycles. The Labute approximate surface area is 289 Å². The molecular weight excluding hydrogens is 613 g/mol. The van der Waals surface area contributed by atoms with Gasteiger partial charge in [0.05, 0.1) is 39.3 Å². The third kappa shape index (κ3) is 16.9. The first-order valence-electron chi connectivity index (χ1n) is 17.7. The Balaban J connectivity index is 6.04. The lowest BCUT2D eigenvalue weighted by Crippen LogP contribution is -2.55. The normalized spacial score (nSPS) is 15.0. The number of hydroxylamine groups is 3. The van der Waals surface area contributed by atoms with E-state index in [4.69, 9.17) is 9.26 Å². The van der Waals surface area contributed by atoms with Crippen molar-refractivity contribution in [2.45, 2.75) is 145 Å². The van der Waals surface area contributed by atoms with Crippen molar-refractivity contribution in [2.75, 3.05) is 40.4 Å². The summed E-state index contributed by atoms with van der Waals surface area (Å²) in [6.45, 7) is 30.6. The van der Waals surface area contributed by atoms with Crippen molar-refractivity contribution in [3.8, 4) is 0 Å². The zero-order chi connectivity index (χ0) is 37.0. The quantitative estimate of drug-likeness (QED) is 0.0610. The van der Waals surface area contributed by atoms with Gasteiger partial charge in [-0.1, -0.05) is 62.3 Å². The third-order valence-electron chi connectivity index (χ3n) is 9.49. The molecule has 0 radical (unpaired) electrons. The zero-order valence-electron chi connectivity index (χ0n) is 33.0. The average molecular weight is 686 g/mol. The van der Waals surface area contributed by atoms with Gasteiger partial charge >= 0.3 is 6.03 Å². The van der Waals surface area contributed by atoms with Crippen molar-refractivity contribution in [1.29, 1.82) is 0 Å². The van der Waals surface area contributed by atoms with Crippen molar-refractivity contribution in [3.05, 3.63) is 0 Å². The first kappa shape index (κ1) is 45.2. The molecule has 2 N–H and O–H groups in total. The van der Waals surface area contributed by atoms with Gasteiger partial charge < -0.3 is 24.8 Å². The second kappa shape index (κ2) is 19.4. The van der Waals surface area contributed by atoms with Gasteiger partial charge in [0.15, 0.2) is 14.1 Å². The highest BCUT2D eigenvalue weighted by atomic mass is 28.4. The number of amides is 3. The fraction of sp³-hybridized carbons (Fsp3) is 0.889. The number of carbonyl (C=O) groups excluding carboxylic acids is 4. The minimum atomic E-state index is -2.04. The minimum Gasteiger partial charge on any atom is -0.415 e. The largest absolute Gasteiger partial charge is 0.415 e. The lowest BCUT2D eigenvalue weighted by atomic mass is 9.87. The first-order chi connectivity index (χ1) is 21.2. The molecule has 3 amide bonds. The second-order valence-electron chi connectivity index (χ2n) is 17.5. The molecule has 0 spiro atoms. The molecule has 0 aromatic heterocycles. The number of quaternary nitrogens is 1. The first-order valence-corrected chi connectivity index (χ1v) is 20.6. The maximum absolute atomic E-state index is 13.9. The van der Waals surface area contributed by atoms with Crippen molar-refractivity contribution in [3.63, 3.8) is 0 Å². The molecule has 0 saturated heterocycles. The van der Waals surface area contributed by atoms with E-state index in [1.165, 1.54) is 0 Å². The molecule has 0 saturated carbocycles. The smallest absolute Gasteiger partial charge is 0.318 e. The predicted octanol–water partition coefficient (Wildman–Crippen LogP) is 6.59. The fourth-order valence-corrected chi connectivity index (χ4v) is 5.73. The number of nitrogens with zero attached hydrogens (tertiary/aromatic N) is 2. The van der Waals surface area contributed by atoms with Gasteiger partial charge in [-0.15, -0.1) is 0 Å². The Morgan fingerprint density at radius 2 is 1.32 bits per heavy atom. The summed E-state index contributed by atoms with van der Waals surface area (Å²) in [6.07, 6.45) is 2.24. The van der Waals surface area contributed by atoms with Crippen LogP contribution in [0, 0.1) is 23.7 Å². The summed E-state index contributed by atoms with van der Waals surface area (Å²) in [5, 5.41) is 5.92. The summed E-state index contributed by atoms with van der Waals surface area (Å²) in [4.78, 5) is 60.6. The van der Waals surface area contributed by atoms with E-state index < -0.39 is 26.3 Å². The Morgan fingerprint density at radius 3 is 1.77 bits per heavy atom. The van der Waals surface area contributed by atoms with Crippen molar-refractivity contribution in [2.24, 2.45) is 23.7 Å². The molecule has 0 aliphatic carbocycles. The van der Waals surface area contributed by atoms with E-state index in [1.807, 2.05) is 55.6 Å². The van der Waals surface area contributed by atoms with Crippen LogP contribution in [0.3, 0.4) is 0 Å². The maximum Gasteiger partial charge on any atom is 0.318 e. The Morgan fingerprint density at radius 1 is 0.809 bits per heavy atom. The van der Waals surface area contributed by atoms with Crippen LogP contribution in [0.4, 0.5) is 4.79 Å². The highest BCUT2D eigenvalue weighted by molar-refractivity contribution is 6.74. The van der Waals surface area contributed by atoms with Crippen LogP contribution >= 0.6 is 0 Å². The highest BCUT2D eigenvalue weighted by Crippen LogP contribution is 2.36. The molecule has 0 aromatic carbocycles. The van der Waals surface area contributed by atoms with E-state index in [0.29, 0.717) is 50.2 Å². The van der Waals surface area contributed by atoms with Crippen LogP contribution in [-0.4, -0.2) is 99.9 Å². The molecule has 0 aromatic rings. The lowest BCUT2D eigenvalue weighted by Gasteiger charge is -2.39. The average Bonchev–Trinajstić information content (AvgIpc) is 2.88. The van der Waals surface area contributed by atoms with Crippen LogP contribution in [0.15, 0.2) is 0 Å². The number of rotatable bonds is 21. The summed E-state index contributed by atoms with van der Waals surface area (Å²) in [5.74, 6) is -0.525. The number of urea groups is 1. The van der Waals surface area contributed by atoms with Gasteiger partial charge in [-0.3, -0.25) is 9.59 Å². The van der Waals surface area contributed by atoms with Crippen LogP contribution in [0.1, 0.15) is 109 Å². The Kier molecular flexibility index (Phi) is 18.6. The van der Waals surface area contributed by atoms with E-state index >= 15 is 0 Å². The van der Waals surface area contributed by atoms with Crippen LogP contribution in [0.5, 0.6) is 0 Å². The molecule has 47 heavy (non-hydrogen) atoms. The topological polar surface area (TPSA) is 114 Å². The number of nitrogens with one attached hydrogen (secondary N) is 2. The van der Waals surface area contributed by atoms with E-state index in [0.717, 1.165) is 6.29 Å². The van der Waals surface area contributed by atoms with Crippen LogP contribution < -0.4 is 10.6 Å². The Bertz CT molecular complexity index is 953. The number of Topliss-reactive ketones (excluding diaryl/α,β-unsaturated/α-hetero) is 1. The van der Waals surface area contributed by atoms with Gasteiger partial charge in [0.25, 0.3) is 0 Å². The SMILES string of the molecule is CC(C)C[C@H](CC(=O)[C@H](CC(C)C)NC(=O)N(CCO[N+](C)(C)C(C)(C)C)CCO[Si](C)(C)C(C)(C)C)C(=O)N[C@H](C=O)CC(C)C. The molecule has 0 unspecified atom stereocenters. The lowest BCUT2D eigenvalue weighted by molar-refractivity contribution is -1.11. The van der Waals surface area contributed by atoms with E-state index in [2.05, 4.69) is 65.3 Å². The van der Waals surface area contributed by atoms with Crippen LogP contribution in [0.25, 0.3) is 0 Å².